The number of hydrogen-bond donors (Lipinski definition) is 1. The van der Waals surface area contributed by atoms with Crippen LogP contribution in [0.15, 0.2) is 30.3 Å². The fourth-order valence-electron chi connectivity index (χ4n) is 0.713. The third kappa shape index (κ3) is 5.99. The molecule has 1 N–H and O–H groups in total. The second kappa shape index (κ2) is 7.05. The van der Waals surface area contributed by atoms with Gasteiger partial charge in [-0.25, -0.2) is 4.79 Å². The average molecular weight is 236 g/mol. The topological polar surface area (TPSA) is 88.5 Å². The number of Topliss-reactive ketones (excluding diaryl/α,β-unsaturated/α-hetero) is 3. The highest BCUT2D eigenvalue weighted by atomic mass is 16.4. The molecule has 90 valence electrons. The summed E-state index contributed by atoms with van der Waals surface area (Å²) in [6.45, 7) is 2.50. The SMILES string of the molecule is CC(=O)C(C)=O.O=C(O)C(=O)c1ccccc1. The molecule has 0 fully saturated rings. The number of ketones is 3. The lowest BCUT2D eigenvalue weighted by molar-refractivity contribution is -0.134. The van der Waals surface area contributed by atoms with Crippen LogP contribution in [0.5, 0.6) is 0 Å². The van der Waals surface area contributed by atoms with Gasteiger partial charge in [0.05, 0.1) is 0 Å². The third-order valence-electron chi connectivity index (χ3n) is 1.73. The van der Waals surface area contributed by atoms with Gasteiger partial charge in [0.15, 0.2) is 11.6 Å². The Labute approximate surface area is 98.1 Å². The van der Waals surface area contributed by atoms with Crippen LogP contribution in [0.2, 0.25) is 0 Å². The summed E-state index contributed by atoms with van der Waals surface area (Å²) in [5, 5.41) is 8.29. The molecule has 0 aliphatic heterocycles. The van der Waals surface area contributed by atoms with Crippen molar-refractivity contribution in [3.63, 3.8) is 0 Å². The molecule has 0 bridgehead atoms. The number of rotatable bonds is 3. The summed E-state index contributed by atoms with van der Waals surface area (Å²) in [6.07, 6.45) is 0. The first-order valence-electron chi connectivity index (χ1n) is 4.70. The number of carbonyl (C=O) groups excluding carboxylic acids is 3. The minimum absolute atomic E-state index is 0.208. The zero-order chi connectivity index (χ0) is 13.4. The first kappa shape index (κ1) is 14.7. The summed E-state index contributed by atoms with van der Waals surface area (Å²) < 4.78 is 0. The van der Waals surface area contributed by atoms with Gasteiger partial charge in [0, 0.05) is 19.4 Å². The van der Waals surface area contributed by atoms with Crippen molar-refractivity contribution < 1.29 is 24.3 Å². The highest BCUT2D eigenvalue weighted by Gasteiger charge is 2.12. The van der Waals surface area contributed by atoms with E-state index in [1.165, 1.54) is 26.0 Å². The van der Waals surface area contributed by atoms with E-state index in [2.05, 4.69) is 0 Å². The first-order valence-corrected chi connectivity index (χ1v) is 4.70. The van der Waals surface area contributed by atoms with Crippen molar-refractivity contribution in [2.24, 2.45) is 0 Å². The lowest BCUT2D eigenvalue weighted by Gasteiger charge is -1.91. The third-order valence-corrected chi connectivity index (χ3v) is 1.73. The minimum atomic E-state index is -1.42. The van der Waals surface area contributed by atoms with Crippen LogP contribution in [0.25, 0.3) is 0 Å². The number of hydrogen-bond acceptors (Lipinski definition) is 4. The van der Waals surface area contributed by atoms with E-state index in [0.29, 0.717) is 0 Å². The Morgan fingerprint density at radius 1 is 0.882 bits per heavy atom. The highest BCUT2D eigenvalue weighted by molar-refractivity contribution is 6.39. The monoisotopic (exact) mass is 236 g/mol. The normalized spacial score (nSPS) is 8.59. The maximum Gasteiger partial charge on any atom is 0.377 e. The zero-order valence-corrected chi connectivity index (χ0v) is 9.47. The van der Waals surface area contributed by atoms with E-state index in [1.54, 1.807) is 18.2 Å². The second-order valence-electron chi connectivity index (χ2n) is 3.11. The predicted molar refractivity (Wildman–Crippen MR) is 59.8 cm³/mol. The van der Waals surface area contributed by atoms with E-state index < -0.39 is 11.8 Å². The van der Waals surface area contributed by atoms with Gasteiger partial charge in [-0.2, -0.15) is 0 Å². The van der Waals surface area contributed by atoms with Crippen LogP contribution in [0.1, 0.15) is 24.2 Å². The smallest absolute Gasteiger partial charge is 0.377 e. The molecule has 1 rings (SSSR count). The largest absolute Gasteiger partial charge is 0.475 e. The van der Waals surface area contributed by atoms with Gasteiger partial charge < -0.3 is 5.11 Å². The van der Waals surface area contributed by atoms with E-state index in [0.717, 1.165) is 0 Å². The Balaban J connectivity index is 0.000000366. The van der Waals surface area contributed by atoms with Crippen molar-refractivity contribution in [3.8, 4) is 0 Å². The molecule has 17 heavy (non-hydrogen) atoms. The van der Waals surface area contributed by atoms with E-state index in [1.807, 2.05) is 0 Å². The fraction of sp³-hybridized carbons (Fsp3) is 0.167. The Morgan fingerprint density at radius 3 is 1.59 bits per heavy atom. The van der Waals surface area contributed by atoms with Gasteiger partial charge in [-0.3, -0.25) is 14.4 Å². The molecule has 0 saturated carbocycles. The van der Waals surface area contributed by atoms with Gasteiger partial charge in [-0.1, -0.05) is 30.3 Å². The standard InChI is InChI=1S/C8H6O3.C4H6O2/c9-7(8(10)11)6-4-2-1-3-5-6;1-3(5)4(2)6/h1-5H,(H,10,11);1-2H3. The van der Waals surface area contributed by atoms with Crippen LogP contribution < -0.4 is 0 Å². The molecule has 0 aromatic heterocycles. The quantitative estimate of drug-likeness (QED) is 0.627. The number of carboxylic acid groups (broad SMARTS) is 1. The van der Waals surface area contributed by atoms with Crippen molar-refractivity contribution in [1.82, 2.24) is 0 Å². The van der Waals surface area contributed by atoms with Crippen LogP contribution in [0.4, 0.5) is 0 Å². The van der Waals surface area contributed by atoms with E-state index in [9.17, 15) is 19.2 Å². The van der Waals surface area contributed by atoms with Gasteiger partial charge in [0.1, 0.15) is 0 Å². The molecule has 0 amide bonds. The summed E-state index contributed by atoms with van der Waals surface area (Å²) >= 11 is 0. The zero-order valence-electron chi connectivity index (χ0n) is 9.47. The molecular weight excluding hydrogens is 224 g/mol. The Bertz CT molecular complexity index is 421. The molecule has 0 saturated heterocycles. The molecule has 0 radical (unpaired) electrons. The predicted octanol–water partition coefficient (Wildman–Crippen LogP) is 1.12. The van der Waals surface area contributed by atoms with Crippen molar-refractivity contribution in [2.45, 2.75) is 13.8 Å². The molecule has 0 unspecified atom stereocenters. The molecule has 5 heteroatoms. The molecule has 0 heterocycles. The van der Waals surface area contributed by atoms with Gasteiger partial charge in [0.2, 0.25) is 0 Å². The summed E-state index contributed by atoms with van der Waals surface area (Å²) in [5.74, 6) is -3.05. The molecule has 5 nitrogen and oxygen atoms in total. The maximum absolute atomic E-state index is 10.7. The van der Waals surface area contributed by atoms with Crippen molar-refractivity contribution in [2.75, 3.05) is 0 Å². The van der Waals surface area contributed by atoms with Crippen LogP contribution >= 0.6 is 0 Å². The molecule has 0 atom stereocenters. The molecule has 0 spiro atoms. The maximum atomic E-state index is 10.7. The highest BCUT2D eigenvalue weighted by Crippen LogP contribution is 1.98. The lowest BCUT2D eigenvalue weighted by Crippen LogP contribution is -2.12. The molecular formula is C12H12O5. The minimum Gasteiger partial charge on any atom is -0.475 e. The van der Waals surface area contributed by atoms with Crippen molar-refractivity contribution >= 4 is 23.3 Å². The van der Waals surface area contributed by atoms with Crippen LogP contribution in [-0.4, -0.2) is 28.4 Å². The van der Waals surface area contributed by atoms with E-state index >= 15 is 0 Å². The molecule has 0 aliphatic rings. The Morgan fingerprint density at radius 2 is 1.29 bits per heavy atom. The fourth-order valence-corrected chi connectivity index (χ4v) is 0.713. The summed E-state index contributed by atoms with van der Waals surface area (Å²) in [6, 6.07) is 7.90. The van der Waals surface area contributed by atoms with E-state index in [4.69, 9.17) is 5.11 Å². The van der Waals surface area contributed by atoms with Crippen LogP contribution in [0, 0.1) is 0 Å². The molecule has 1 aromatic carbocycles. The lowest BCUT2D eigenvalue weighted by atomic mass is 10.1. The summed E-state index contributed by atoms with van der Waals surface area (Å²) in [7, 11) is 0. The van der Waals surface area contributed by atoms with E-state index in [-0.39, 0.29) is 17.1 Å². The second-order valence-corrected chi connectivity index (χ2v) is 3.11. The first-order chi connectivity index (χ1) is 7.86. The number of carboxylic acids is 1. The Hall–Kier alpha value is -2.30. The van der Waals surface area contributed by atoms with Crippen LogP contribution in [0.3, 0.4) is 0 Å². The summed E-state index contributed by atoms with van der Waals surface area (Å²) in [4.78, 5) is 40.5. The summed E-state index contributed by atoms with van der Waals surface area (Å²) in [5.41, 5.74) is 0.208. The van der Waals surface area contributed by atoms with Gasteiger partial charge in [-0.15, -0.1) is 0 Å². The molecule has 1 aromatic rings. The van der Waals surface area contributed by atoms with Gasteiger partial charge >= 0.3 is 5.97 Å². The molecule has 0 aliphatic carbocycles. The van der Waals surface area contributed by atoms with Gasteiger partial charge in [-0.05, 0) is 0 Å². The number of aliphatic carboxylic acids is 1. The van der Waals surface area contributed by atoms with Gasteiger partial charge in [0.25, 0.3) is 5.78 Å². The van der Waals surface area contributed by atoms with Crippen molar-refractivity contribution in [1.29, 1.82) is 0 Å². The van der Waals surface area contributed by atoms with Crippen LogP contribution in [-0.2, 0) is 14.4 Å². The average Bonchev–Trinajstić information content (AvgIpc) is 2.29. The Kier molecular flexibility index (Phi) is 6.10. The number of carbonyl (C=O) groups is 4. The van der Waals surface area contributed by atoms with Crippen molar-refractivity contribution in [3.05, 3.63) is 35.9 Å². The number of benzene rings is 1.